The number of pyridine rings is 1. The highest BCUT2D eigenvalue weighted by molar-refractivity contribution is 6.00. The molecule has 0 aliphatic heterocycles. The number of nitrogens with one attached hydrogen (secondary N) is 1. The van der Waals surface area contributed by atoms with Crippen LogP contribution >= 0.6 is 0 Å². The molecule has 0 fully saturated rings. The molecular weight excluding hydrogens is 370 g/mol. The molecule has 0 unspecified atom stereocenters. The van der Waals surface area contributed by atoms with E-state index in [2.05, 4.69) is 40.4 Å². The summed E-state index contributed by atoms with van der Waals surface area (Å²) < 4.78 is 0. The maximum atomic E-state index is 6.42. The van der Waals surface area contributed by atoms with Gasteiger partial charge in [-0.2, -0.15) is 0 Å². The van der Waals surface area contributed by atoms with Crippen molar-refractivity contribution >= 4 is 27.8 Å². The molecule has 1 heterocycles. The van der Waals surface area contributed by atoms with E-state index in [1.165, 1.54) is 0 Å². The van der Waals surface area contributed by atoms with Crippen molar-refractivity contribution in [2.75, 3.05) is 5.73 Å². The van der Waals surface area contributed by atoms with Gasteiger partial charge in [-0.1, -0.05) is 68.4 Å². The number of nitrogens with two attached hydrogens (primary N) is 1. The van der Waals surface area contributed by atoms with Crippen molar-refractivity contribution in [3.63, 3.8) is 0 Å². The lowest BCUT2D eigenvalue weighted by atomic mass is 10.0. The average molecular weight is 396 g/mol. The zero-order valence-electron chi connectivity index (χ0n) is 17.2. The molecule has 0 saturated heterocycles. The lowest BCUT2D eigenvalue weighted by molar-refractivity contribution is 0.591. The second-order valence-corrected chi connectivity index (χ2v) is 7.52. The van der Waals surface area contributed by atoms with Crippen LogP contribution in [0.15, 0.2) is 89.2 Å². The van der Waals surface area contributed by atoms with Gasteiger partial charge in [0, 0.05) is 23.5 Å². The van der Waals surface area contributed by atoms with Crippen molar-refractivity contribution < 1.29 is 0 Å². The van der Waals surface area contributed by atoms with Gasteiger partial charge in [-0.25, -0.2) is 0 Å². The Balaban J connectivity index is 1.64. The molecule has 0 aliphatic rings. The van der Waals surface area contributed by atoms with Crippen LogP contribution in [0, 0.1) is 0 Å². The third-order valence-electron chi connectivity index (χ3n) is 4.94. The highest BCUT2D eigenvalue weighted by Crippen LogP contribution is 2.35. The lowest BCUT2D eigenvalue weighted by Crippen LogP contribution is -2.22. The lowest BCUT2D eigenvalue weighted by Gasteiger charge is -2.13. The Kier molecular flexibility index (Phi) is 5.82. The molecule has 1 aromatic heterocycles. The number of nitrogen functional groups attached to an aromatic ring is 1. The summed E-state index contributed by atoms with van der Waals surface area (Å²) in [4.78, 5) is 4.50. The first kappa shape index (κ1) is 19.7. The van der Waals surface area contributed by atoms with Gasteiger partial charge in [-0.15, -0.1) is 10.2 Å². The van der Waals surface area contributed by atoms with Crippen LogP contribution in [0.25, 0.3) is 22.0 Å². The zero-order chi connectivity index (χ0) is 20.9. The van der Waals surface area contributed by atoms with Crippen LogP contribution < -0.4 is 11.1 Å². The molecule has 0 spiro atoms. The summed E-state index contributed by atoms with van der Waals surface area (Å²) in [7, 11) is 0. The minimum absolute atomic E-state index is 0.389. The first-order valence-corrected chi connectivity index (χ1v) is 10.1. The predicted octanol–water partition coefficient (Wildman–Crippen LogP) is 6.40. The van der Waals surface area contributed by atoms with Crippen LogP contribution in [-0.2, 0) is 6.54 Å². The third-order valence-corrected chi connectivity index (χ3v) is 4.94. The number of nitrogens with zero attached hydrogens (tertiary/aromatic N) is 3. The number of hydrogen-bond donors (Lipinski definition) is 2. The van der Waals surface area contributed by atoms with Gasteiger partial charge >= 0.3 is 0 Å². The Hall–Kier alpha value is -3.57. The molecule has 3 N–H and O–H groups in total. The second kappa shape index (κ2) is 8.84. The summed E-state index contributed by atoms with van der Waals surface area (Å²) in [6.45, 7) is 5.01. The van der Waals surface area contributed by atoms with Crippen LogP contribution in [0.5, 0.6) is 0 Å². The van der Waals surface area contributed by atoms with E-state index in [-0.39, 0.29) is 0 Å². The molecule has 0 amide bonds. The van der Waals surface area contributed by atoms with Gasteiger partial charge in [0.05, 0.1) is 17.6 Å². The summed E-state index contributed by atoms with van der Waals surface area (Å²) >= 11 is 0. The molecule has 5 heteroatoms. The van der Waals surface area contributed by atoms with E-state index in [1.807, 2.05) is 66.7 Å². The Morgan fingerprint density at radius 3 is 2.33 bits per heavy atom. The Labute approximate surface area is 176 Å². The fourth-order valence-corrected chi connectivity index (χ4v) is 3.34. The standard InChI is InChI=1S/C25H25N5/c1-17(2)27-15-19-14-24(25(26)22-11-7-6-10-21(19)22)30-29-20-12-13-23(28-16-20)18-8-4-3-5-9-18/h3-14,16-17,27H,15,26H2,1-2H3/b30-29+. The number of fused-ring (bicyclic) bond motifs is 1. The summed E-state index contributed by atoms with van der Waals surface area (Å²) in [5.74, 6) is 0. The van der Waals surface area contributed by atoms with Crippen LogP contribution in [-0.4, -0.2) is 11.0 Å². The minimum atomic E-state index is 0.389. The fraction of sp³-hybridized carbons (Fsp3) is 0.160. The maximum Gasteiger partial charge on any atom is 0.110 e. The molecule has 0 atom stereocenters. The molecule has 0 saturated carbocycles. The van der Waals surface area contributed by atoms with Gasteiger partial charge in [0.2, 0.25) is 0 Å². The fourth-order valence-electron chi connectivity index (χ4n) is 3.34. The molecular formula is C25H25N5. The molecule has 4 rings (SSSR count). The van der Waals surface area contributed by atoms with Gasteiger partial charge in [0.1, 0.15) is 11.4 Å². The van der Waals surface area contributed by atoms with Crippen molar-refractivity contribution in [2.45, 2.75) is 26.4 Å². The van der Waals surface area contributed by atoms with E-state index in [1.54, 1.807) is 6.20 Å². The van der Waals surface area contributed by atoms with Crippen molar-refractivity contribution in [1.82, 2.24) is 10.3 Å². The van der Waals surface area contributed by atoms with Gasteiger partial charge in [0.25, 0.3) is 0 Å². The van der Waals surface area contributed by atoms with E-state index in [0.29, 0.717) is 23.1 Å². The third kappa shape index (κ3) is 4.36. The van der Waals surface area contributed by atoms with Crippen molar-refractivity contribution in [3.05, 3.63) is 84.6 Å². The minimum Gasteiger partial charge on any atom is -0.396 e. The molecule has 150 valence electrons. The largest absolute Gasteiger partial charge is 0.396 e. The van der Waals surface area contributed by atoms with Crippen molar-refractivity contribution in [2.24, 2.45) is 10.2 Å². The summed E-state index contributed by atoms with van der Waals surface area (Å²) in [6.07, 6.45) is 1.73. The van der Waals surface area contributed by atoms with Crippen LogP contribution in [0.1, 0.15) is 19.4 Å². The molecule has 5 nitrogen and oxygen atoms in total. The molecule has 3 aromatic carbocycles. The molecule has 0 aliphatic carbocycles. The summed E-state index contributed by atoms with van der Waals surface area (Å²) in [5.41, 5.74) is 11.5. The van der Waals surface area contributed by atoms with Crippen molar-refractivity contribution in [3.8, 4) is 11.3 Å². The highest BCUT2D eigenvalue weighted by Gasteiger charge is 2.10. The van der Waals surface area contributed by atoms with Gasteiger partial charge in [-0.05, 0) is 29.1 Å². The Bertz CT molecular complexity index is 1170. The molecule has 30 heavy (non-hydrogen) atoms. The number of azo groups is 1. The number of rotatable bonds is 6. The van der Waals surface area contributed by atoms with Gasteiger partial charge in [0.15, 0.2) is 0 Å². The number of aromatic nitrogens is 1. The molecule has 0 radical (unpaired) electrons. The SMILES string of the molecule is CC(C)NCc1cc(/N=N/c2ccc(-c3ccccc3)nc2)c(N)c2ccccc12. The summed E-state index contributed by atoms with van der Waals surface area (Å²) in [5, 5.41) is 14.4. The average Bonchev–Trinajstić information content (AvgIpc) is 2.79. The topological polar surface area (TPSA) is 75.7 Å². The monoisotopic (exact) mass is 395 g/mol. The van der Waals surface area contributed by atoms with Crippen molar-refractivity contribution in [1.29, 1.82) is 0 Å². The zero-order valence-corrected chi connectivity index (χ0v) is 17.2. The van der Waals surface area contributed by atoms with E-state index in [9.17, 15) is 0 Å². The smallest absolute Gasteiger partial charge is 0.110 e. The highest BCUT2D eigenvalue weighted by atomic mass is 15.1. The number of anilines is 1. The van der Waals surface area contributed by atoms with E-state index in [0.717, 1.165) is 34.1 Å². The van der Waals surface area contributed by atoms with E-state index >= 15 is 0 Å². The van der Waals surface area contributed by atoms with E-state index in [4.69, 9.17) is 5.73 Å². The van der Waals surface area contributed by atoms with E-state index < -0.39 is 0 Å². The van der Waals surface area contributed by atoms with Gasteiger partial charge in [-0.3, -0.25) is 4.98 Å². The Morgan fingerprint density at radius 2 is 1.63 bits per heavy atom. The van der Waals surface area contributed by atoms with Crippen LogP contribution in [0.4, 0.5) is 17.1 Å². The maximum absolute atomic E-state index is 6.42. The molecule has 0 bridgehead atoms. The van der Waals surface area contributed by atoms with Crippen LogP contribution in [0.2, 0.25) is 0 Å². The second-order valence-electron chi connectivity index (χ2n) is 7.52. The quantitative estimate of drug-likeness (QED) is 0.293. The number of benzene rings is 3. The normalized spacial score (nSPS) is 11.6. The first-order valence-electron chi connectivity index (χ1n) is 10.1. The van der Waals surface area contributed by atoms with Gasteiger partial charge < -0.3 is 11.1 Å². The molecule has 4 aromatic rings. The summed E-state index contributed by atoms with van der Waals surface area (Å²) in [6, 6.07) is 24.5. The predicted molar refractivity (Wildman–Crippen MR) is 124 cm³/mol. The Morgan fingerprint density at radius 1 is 0.900 bits per heavy atom. The van der Waals surface area contributed by atoms with Crippen LogP contribution in [0.3, 0.4) is 0 Å². The number of hydrogen-bond acceptors (Lipinski definition) is 5. The first-order chi connectivity index (χ1) is 14.6.